The zero-order chi connectivity index (χ0) is 20.4. The molecule has 0 spiro atoms. The van der Waals surface area contributed by atoms with Gasteiger partial charge in [0.15, 0.2) is 11.5 Å². The molecular weight excluding hydrogens is 368 g/mol. The fourth-order valence-corrected chi connectivity index (χ4v) is 3.08. The second-order valence-electron chi connectivity index (χ2n) is 7.71. The highest BCUT2D eigenvalue weighted by Crippen LogP contribution is 2.34. The summed E-state index contributed by atoms with van der Waals surface area (Å²) in [7, 11) is 0. The first-order chi connectivity index (χ1) is 13.9. The smallest absolute Gasteiger partial charge is 0.274 e. The Morgan fingerprint density at radius 3 is 2.66 bits per heavy atom. The summed E-state index contributed by atoms with van der Waals surface area (Å²) in [6.07, 6.45) is 1.55. The first-order valence-corrected chi connectivity index (χ1v) is 9.31. The molecule has 0 atom stereocenters. The lowest BCUT2D eigenvalue weighted by Gasteiger charge is -2.22. The Morgan fingerprint density at radius 1 is 1.03 bits per heavy atom. The molecule has 7 nitrogen and oxygen atoms in total. The number of aromatic nitrogens is 2. The van der Waals surface area contributed by atoms with Gasteiger partial charge in [0.25, 0.3) is 5.91 Å². The number of carbonyl (C=O) groups excluding carboxylic acids is 1. The molecule has 2 heterocycles. The van der Waals surface area contributed by atoms with Gasteiger partial charge in [-0.15, -0.1) is 0 Å². The van der Waals surface area contributed by atoms with Gasteiger partial charge in [-0.25, -0.2) is 9.97 Å². The van der Waals surface area contributed by atoms with E-state index in [4.69, 9.17) is 9.47 Å². The molecule has 0 aliphatic carbocycles. The number of nitrogens with zero attached hydrogens (tertiary/aromatic N) is 2. The zero-order valence-electron chi connectivity index (χ0n) is 16.5. The summed E-state index contributed by atoms with van der Waals surface area (Å²) in [4.78, 5) is 21.3. The number of hydrogen-bond donors (Lipinski definition) is 2. The van der Waals surface area contributed by atoms with Crippen LogP contribution in [0.15, 0.2) is 54.7 Å². The SMILES string of the molecule is CC(C)(C)c1ccccc1NC(=O)c1ccnc(Nc2ccc3c(c2)OCO3)n1. The van der Waals surface area contributed by atoms with E-state index in [1.165, 1.54) is 0 Å². The third-order valence-electron chi connectivity index (χ3n) is 4.50. The van der Waals surface area contributed by atoms with Gasteiger partial charge in [0.1, 0.15) is 5.69 Å². The summed E-state index contributed by atoms with van der Waals surface area (Å²) in [6, 6.07) is 14.8. The van der Waals surface area contributed by atoms with Crippen molar-refractivity contribution in [1.29, 1.82) is 0 Å². The van der Waals surface area contributed by atoms with Crippen molar-refractivity contribution in [2.45, 2.75) is 26.2 Å². The molecule has 0 bridgehead atoms. The summed E-state index contributed by atoms with van der Waals surface area (Å²) in [5.74, 6) is 1.38. The van der Waals surface area contributed by atoms with Gasteiger partial charge in [-0.3, -0.25) is 4.79 Å². The normalized spacial score (nSPS) is 12.5. The van der Waals surface area contributed by atoms with Crippen LogP contribution < -0.4 is 20.1 Å². The Bertz CT molecular complexity index is 1060. The Kier molecular flexibility index (Phi) is 4.80. The molecule has 0 unspecified atom stereocenters. The number of nitrogens with one attached hydrogen (secondary N) is 2. The number of anilines is 3. The average Bonchev–Trinajstić information content (AvgIpc) is 3.15. The summed E-state index contributed by atoms with van der Waals surface area (Å²) in [5.41, 5.74) is 2.74. The molecule has 7 heteroatoms. The van der Waals surface area contributed by atoms with E-state index in [1.807, 2.05) is 36.4 Å². The molecule has 2 aromatic carbocycles. The molecule has 0 fully saturated rings. The lowest BCUT2D eigenvalue weighted by molar-refractivity contribution is 0.102. The Hall–Kier alpha value is -3.61. The highest BCUT2D eigenvalue weighted by molar-refractivity contribution is 6.03. The van der Waals surface area contributed by atoms with E-state index >= 15 is 0 Å². The van der Waals surface area contributed by atoms with E-state index < -0.39 is 0 Å². The topological polar surface area (TPSA) is 85.4 Å². The van der Waals surface area contributed by atoms with E-state index in [0.717, 1.165) is 16.9 Å². The monoisotopic (exact) mass is 390 g/mol. The summed E-state index contributed by atoms with van der Waals surface area (Å²) >= 11 is 0. The molecule has 1 aliphatic rings. The first-order valence-electron chi connectivity index (χ1n) is 9.31. The number of hydrogen-bond acceptors (Lipinski definition) is 6. The third kappa shape index (κ3) is 4.13. The van der Waals surface area contributed by atoms with Gasteiger partial charge in [-0.1, -0.05) is 39.0 Å². The Balaban J connectivity index is 1.52. The number of fused-ring (bicyclic) bond motifs is 1. The number of amides is 1. The van der Waals surface area contributed by atoms with E-state index in [9.17, 15) is 4.79 Å². The zero-order valence-corrected chi connectivity index (χ0v) is 16.5. The van der Waals surface area contributed by atoms with Crippen LogP contribution in [0, 0.1) is 0 Å². The average molecular weight is 390 g/mol. The minimum Gasteiger partial charge on any atom is -0.454 e. The quantitative estimate of drug-likeness (QED) is 0.682. The molecule has 29 heavy (non-hydrogen) atoms. The third-order valence-corrected chi connectivity index (χ3v) is 4.50. The largest absolute Gasteiger partial charge is 0.454 e. The van der Waals surface area contributed by atoms with Gasteiger partial charge < -0.3 is 20.1 Å². The maximum Gasteiger partial charge on any atom is 0.274 e. The fourth-order valence-electron chi connectivity index (χ4n) is 3.08. The summed E-state index contributed by atoms with van der Waals surface area (Å²) < 4.78 is 10.7. The second kappa shape index (κ2) is 7.43. The minimum atomic E-state index is -0.294. The van der Waals surface area contributed by atoms with Crippen LogP contribution in [-0.4, -0.2) is 22.7 Å². The second-order valence-corrected chi connectivity index (χ2v) is 7.71. The Labute approximate surface area is 169 Å². The maximum atomic E-state index is 12.8. The van der Waals surface area contributed by atoms with Gasteiger partial charge >= 0.3 is 0 Å². The maximum absolute atomic E-state index is 12.8. The standard InChI is InChI=1S/C22H22N4O3/c1-22(2,3)15-6-4-5-7-16(15)25-20(27)17-10-11-23-21(26-17)24-14-8-9-18-19(12-14)29-13-28-18/h4-12H,13H2,1-3H3,(H,25,27)(H,23,24,26). The van der Waals surface area contributed by atoms with Gasteiger partial charge in [0, 0.05) is 23.6 Å². The van der Waals surface area contributed by atoms with Gasteiger partial charge in [0.2, 0.25) is 12.7 Å². The molecule has 0 radical (unpaired) electrons. The highest BCUT2D eigenvalue weighted by Gasteiger charge is 2.20. The summed E-state index contributed by atoms with van der Waals surface area (Å²) in [5, 5.41) is 6.06. The summed E-state index contributed by atoms with van der Waals surface area (Å²) in [6.45, 7) is 6.53. The van der Waals surface area contributed by atoms with Crippen molar-refractivity contribution in [1.82, 2.24) is 9.97 Å². The molecule has 1 aromatic heterocycles. The molecule has 2 N–H and O–H groups in total. The van der Waals surface area contributed by atoms with Crippen LogP contribution in [0.25, 0.3) is 0 Å². The van der Waals surface area contributed by atoms with Crippen molar-refractivity contribution in [3.8, 4) is 11.5 Å². The van der Waals surface area contributed by atoms with Crippen molar-refractivity contribution >= 4 is 23.2 Å². The predicted octanol–water partition coefficient (Wildman–Crippen LogP) is 4.50. The van der Waals surface area contributed by atoms with Crippen LogP contribution in [-0.2, 0) is 5.41 Å². The van der Waals surface area contributed by atoms with E-state index in [1.54, 1.807) is 18.3 Å². The molecule has 0 saturated carbocycles. The predicted molar refractivity (Wildman–Crippen MR) is 111 cm³/mol. The first kappa shape index (κ1) is 18.7. The minimum absolute atomic E-state index is 0.0956. The van der Waals surface area contributed by atoms with Gasteiger partial charge in [-0.05, 0) is 35.2 Å². The number of para-hydroxylation sites is 1. The van der Waals surface area contributed by atoms with Gasteiger partial charge in [-0.2, -0.15) is 0 Å². The Morgan fingerprint density at radius 2 is 1.83 bits per heavy atom. The lowest BCUT2D eigenvalue weighted by Crippen LogP contribution is -2.19. The number of carbonyl (C=O) groups is 1. The van der Waals surface area contributed by atoms with Crippen LogP contribution >= 0.6 is 0 Å². The lowest BCUT2D eigenvalue weighted by atomic mass is 9.86. The molecule has 1 amide bonds. The molecule has 0 saturated heterocycles. The molecule has 3 aromatic rings. The molecule has 4 rings (SSSR count). The van der Waals surface area contributed by atoms with Crippen LogP contribution in [0.5, 0.6) is 11.5 Å². The molecule has 148 valence electrons. The highest BCUT2D eigenvalue weighted by atomic mass is 16.7. The van der Waals surface area contributed by atoms with Gasteiger partial charge in [0.05, 0.1) is 0 Å². The van der Waals surface area contributed by atoms with Crippen LogP contribution in [0.1, 0.15) is 36.8 Å². The van der Waals surface area contributed by atoms with Crippen molar-refractivity contribution in [2.24, 2.45) is 0 Å². The number of rotatable bonds is 4. The number of ether oxygens (including phenoxy) is 2. The van der Waals surface area contributed by atoms with Crippen LogP contribution in [0.3, 0.4) is 0 Å². The van der Waals surface area contributed by atoms with Crippen LogP contribution in [0.4, 0.5) is 17.3 Å². The van der Waals surface area contributed by atoms with Crippen molar-refractivity contribution in [3.05, 3.63) is 66.0 Å². The fraction of sp³-hybridized carbons (Fsp3) is 0.227. The van der Waals surface area contributed by atoms with E-state index in [0.29, 0.717) is 17.4 Å². The number of benzene rings is 2. The van der Waals surface area contributed by atoms with E-state index in [-0.39, 0.29) is 23.8 Å². The van der Waals surface area contributed by atoms with Crippen molar-refractivity contribution < 1.29 is 14.3 Å². The van der Waals surface area contributed by atoms with Crippen molar-refractivity contribution in [2.75, 3.05) is 17.4 Å². The molecular formula is C22H22N4O3. The van der Waals surface area contributed by atoms with Crippen molar-refractivity contribution in [3.63, 3.8) is 0 Å². The van der Waals surface area contributed by atoms with Crippen LogP contribution in [0.2, 0.25) is 0 Å². The van der Waals surface area contributed by atoms with E-state index in [2.05, 4.69) is 41.4 Å². The molecule has 1 aliphatic heterocycles.